The molecular weight excluding hydrogens is 190 g/mol. The molecule has 1 aromatic heterocycles. The topological polar surface area (TPSA) is 31.2 Å². The van der Waals surface area contributed by atoms with Crippen molar-refractivity contribution in [3.8, 4) is 0 Å². The van der Waals surface area contributed by atoms with Gasteiger partial charge in [0, 0.05) is 12.7 Å². The molecule has 69 valence electrons. The molecular formula is C9H9ClNO2. The summed E-state index contributed by atoms with van der Waals surface area (Å²) in [5.74, 6) is 0. The minimum atomic E-state index is -0.175. The molecule has 0 saturated carbocycles. The maximum Gasteiger partial charge on any atom is 0.253 e. The molecule has 0 spiro atoms. The lowest BCUT2D eigenvalue weighted by Gasteiger charge is -2.11. The number of ether oxygens (including phenoxy) is 1. The minimum absolute atomic E-state index is 0.115. The zero-order valence-electron chi connectivity index (χ0n) is 7.00. The van der Waals surface area contributed by atoms with Crippen LogP contribution < -0.4 is 5.56 Å². The molecule has 0 aliphatic carbocycles. The number of halogens is 1. The van der Waals surface area contributed by atoms with E-state index in [0.717, 1.165) is 12.8 Å². The van der Waals surface area contributed by atoms with E-state index < -0.39 is 0 Å². The maximum atomic E-state index is 11.4. The summed E-state index contributed by atoms with van der Waals surface area (Å²) in [6.07, 6.45) is 4.43. The first-order chi connectivity index (χ1) is 6.27. The first-order valence-corrected chi connectivity index (χ1v) is 4.57. The number of pyridine rings is 1. The van der Waals surface area contributed by atoms with E-state index in [1.807, 2.05) is 0 Å². The Hall–Kier alpha value is -0.800. The van der Waals surface area contributed by atoms with Crippen molar-refractivity contribution in [3.05, 3.63) is 33.7 Å². The van der Waals surface area contributed by atoms with Gasteiger partial charge in [-0.25, -0.2) is 0 Å². The Balaban J connectivity index is 2.37. The van der Waals surface area contributed by atoms with Crippen molar-refractivity contribution in [2.75, 3.05) is 6.61 Å². The molecule has 1 radical (unpaired) electrons. The Kier molecular flexibility index (Phi) is 2.38. The molecule has 4 heteroatoms. The number of nitrogens with zero attached hydrogens (tertiary/aromatic N) is 1. The van der Waals surface area contributed by atoms with E-state index in [4.69, 9.17) is 16.3 Å². The molecule has 1 fully saturated rings. The fourth-order valence-corrected chi connectivity index (χ4v) is 1.56. The van der Waals surface area contributed by atoms with Crippen LogP contribution in [0.1, 0.15) is 19.1 Å². The Bertz CT molecular complexity index is 355. The van der Waals surface area contributed by atoms with E-state index >= 15 is 0 Å². The van der Waals surface area contributed by atoms with Crippen LogP contribution in [0.5, 0.6) is 0 Å². The lowest BCUT2D eigenvalue weighted by atomic mass is 10.3. The van der Waals surface area contributed by atoms with Crippen molar-refractivity contribution < 1.29 is 4.74 Å². The molecule has 1 aliphatic rings. The van der Waals surface area contributed by atoms with Gasteiger partial charge in [0.2, 0.25) is 0 Å². The Morgan fingerprint density at radius 3 is 3.15 bits per heavy atom. The van der Waals surface area contributed by atoms with Gasteiger partial charge >= 0.3 is 0 Å². The predicted molar refractivity (Wildman–Crippen MR) is 48.8 cm³/mol. The highest BCUT2D eigenvalue weighted by Gasteiger charge is 2.18. The standard InChI is InChI=1S/C9H9ClNO2/c10-7-3-4-8(12)11(6-7)9-2-1-5-13-9/h3-4,9H,1-2,5H2. The van der Waals surface area contributed by atoms with Gasteiger partial charge in [-0.2, -0.15) is 0 Å². The second-order valence-corrected chi connectivity index (χ2v) is 3.38. The summed E-state index contributed by atoms with van der Waals surface area (Å²) in [7, 11) is 0. The minimum Gasteiger partial charge on any atom is -0.358 e. The third-order valence-corrected chi connectivity index (χ3v) is 2.24. The first-order valence-electron chi connectivity index (χ1n) is 4.19. The summed E-state index contributed by atoms with van der Waals surface area (Å²) in [6, 6.07) is 2.97. The summed E-state index contributed by atoms with van der Waals surface area (Å²) < 4.78 is 6.77. The van der Waals surface area contributed by atoms with Crippen LogP contribution in [0, 0.1) is 6.20 Å². The zero-order chi connectivity index (χ0) is 9.26. The zero-order valence-corrected chi connectivity index (χ0v) is 7.75. The second kappa shape index (κ2) is 3.52. The van der Waals surface area contributed by atoms with E-state index in [-0.39, 0.29) is 11.8 Å². The first kappa shape index (κ1) is 8.78. The molecule has 0 aromatic carbocycles. The van der Waals surface area contributed by atoms with Gasteiger partial charge in [0.1, 0.15) is 6.23 Å². The smallest absolute Gasteiger partial charge is 0.253 e. The molecule has 0 amide bonds. The Labute approximate surface area is 80.9 Å². The molecule has 1 aliphatic heterocycles. The molecule has 2 rings (SSSR count). The second-order valence-electron chi connectivity index (χ2n) is 2.97. The van der Waals surface area contributed by atoms with Gasteiger partial charge in [0.15, 0.2) is 0 Å². The average Bonchev–Trinajstić information content (AvgIpc) is 2.61. The normalized spacial score (nSPS) is 22.1. The van der Waals surface area contributed by atoms with E-state index in [1.165, 1.54) is 16.7 Å². The molecule has 0 N–H and O–H groups in total. The number of rotatable bonds is 1. The van der Waals surface area contributed by atoms with Crippen LogP contribution >= 0.6 is 11.6 Å². The van der Waals surface area contributed by atoms with Crippen LogP contribution in [0.3, 0.4) is 0 Å². The van der Waals surface area contributed by atoms with E-state index in [2.05, 4.69) is 6.20 Å². The van der Waals surface area contributed by atoms with Gasteiger partial charge in [0.05, 0.1) is 11.2 Å². The fourth-order valence-electron chi connectivity index (χ4n) is 1.41. The van der Waals surface area contributed by atoms with Crippen molar-refractivity contribution in [2.24, 2.45) is 0 Å². The van der Waals surface area contributed by atoms with Crippen LogP contribution in [0.25, 0.3) is 0 Å². The van der Waals surface area contributed by atoms with Gasteiger partial charge in [-0.15, -0.1) is 0 Å². The summed E-state index contributed by atoms with van der Waals surface area (Å²) in [4.78, 5) is 11.4. The Morgan fingerprint density at radius 2 is 2.46 bits per heavy atom. The SMILES string of the molecule is O=c1ccc(Cl)[c]n1C1CCCO1. The number of hydrogen-bond donors (Lipinski definition) is 0. The van der Waals surface area contributed by atoms with Crippen LogP contribution in [-0.2, 0) is 4.74 Å². The Morgan fingerprint density at radius 1 is 1.62 bits per heavy atom. The highest BCUT2D eigenvalue weighted by molar-refractivity contribution is 6.30. The van der Waals surface area contributed by atoms with E-state index in [0.29, 0.717) is 11.6 Å². The van der Waals surface area contributed by atoms with Crippen LogP contribution in [-0.4, -0.2) is 11.2 Å². The lowest BCUT2D eigenvalue weighted by molar-refractivity contribution is 0.0532. The highest BCUT2D eigenvalue weighted by atomic mass is 35.5. The number of hydrogen-bond acceptors (Lipinski definition) is 2. The molecule has 13 heavy (non-hydrogen) atoms. The quantitative estimate of drug-likeness (QED) is 0.687. The largest absolute Gasteiger partial charge is 0.358 e. The molecule has 1 atom stereocenters. The fraction of sp³-hybridized carbons (Fsp3) is 0.444. The monoisotopic (exact) mass is 198 g/mol. The van der Waals surface area contributed by atoms with Gasteiger partial charge in [-0.3, -0.25) is 9.36 Å². The summed E-state index contributed by atoms with van der Waals surface area (Å²) >= 11 is 5.72. The predicted octanol–water partition coefficient (Wildman–Crippen LogP) is 1.61. The van der Waals surface area contributed by atoms with Crippen LogP contribution in [0.4, 0.5) is 0 Å². The summed E-state index contributed by atoms with van der Waals surface area (Å²) in [5.41, 5.74) is -0.115. The van der Waals surface area contributed by atoms with Gasteiger partial charge < -0.3 is 4.74 Å². The van der Waals surface area contributed by atoms with Crippen molar-refractivity contribution in [1.82, 2.24) is 4.57 Å². The lowest BCUT2D eigenvalue weighted by Crippen LogP contribution is -2.23. The van der Waals surface area contributed by atoms with Crippen LogP contribution in [0.15, 0.2) is 16.9 Å². The van der Waals surface area contributed by atoms with Crippen LogP contribution in [0.2, 0.25) is 5.02 Å². The molecule has 0 bridgehead atoms. The third kappa shape index (κ3) is 1.76. The maximum absolute atomic E-state index is 11.4. The third-order valence-electron chi connectivity index (χ3n) is 2.03. The van der Waals surface area contributed by atoms with Gasteiger partial charge in [-0.05, 0) is 18.9 Å². The highest BCUT2D eigenvalue weighted by Crippen LogP contribution is 2.21. The molecule has 1 aromatic rings. The van der Waals surface area contributed by atoms with E-state index in [9.17, 15) is 4.79 Å². The van der Waals surface area contributed by atoms with Crippen molar-refractivity contribution in [2.45, 2.75) is 19.1 Å². The molecule has 1 saturated heterocycles. The van der Waals surface area contributed by atoms with E-state index in [1.54, 1.807) is 0 Å². The molecule has 2 heterocycles. The van der Waals surface area contributed by atoms with Crippen molar-refractivity contribution in [1.29, 1.82) is 0 Å². The van der Waals surface area contributed by atoms with Crippen molar-refractivity contribution >= 4 is 11.6 Å². The average molecular weight is 199 g/mol. The van der Waals surface area contributed by atoms with Crippen molar-refractivity contribution in [3.63, 3.8) is 0 Å². The number of aromatic nitrogens is 1. The van der Waals surface area contributed by atoms with Gasteiger partial charge in [0.25, 0.3) is 5.56 Å². The summed E-state index contributed by atoms with van der Waals surface area (Å²) in [5, 5.41) is 0.440. The molecule has 1 unspecified atom stereocenters. The van der Waals surface area contributed by atoms with Gasteiger partial charge in [-0.1, -0.05) is 11.6 Å². The summed E-state index contributed by atoms with van der Waals surface area (Å²) in [6.45, 7) is 0.706. The molecule has 3 nitrogen and oxygen atoms in total.